The maximum absolute atomic E-state index is 12.5. The molecule has 1 unspecified atom stereocenters. The topological polar surface area (TPSA) is 111 Å². The number of hydrogen-bond donors (Lipinski definition) is 2. The fourth-order valence-corrected chi connectivity index (χ4v) is 3.02. The van der Waals surface area contributed by atoms with Crippen LogP contribution >= 0.6 is 0 Å². The van der Waals surface area contributed by atoms with Gasteiger partial charge in [0, 0.05) is 6.08 Å². The van der Waals surface area contributed by atoms with Crippen molar-refractivity contribution in [1.29, 1.82) is 0 Å². The third kappa shape index (κ3) is 5.31. The largest absolute Gasteiger partial charge is 0.490 e. The first-order valence-corrected chi connectivity index (χ1v) is 10.3. The Kier molecular flexibility index (Phi) is 6.76. The molecule has 2 heterocycles. The summed E-state index contributed by atoms with van der Waals surface area (Å²) in [4.78, 5) is 12.5. The summed E-state index contributed by atoms with van der Waals surface area (Å²) in [5, 5.41) is 16.6. The van der Waals surface area contributed by atoms with Crippen LogP contribution in [0.5, 0.6) is 17.2 Å². The van der Waals surface area contributed by atoms with Gasteiger partial charge in [0.15, 0.2) is 17.6 Å². The van der Waals surface area contributed by atoms with Crippen molar-refractivity contribution >= 4 is 17.7 Å². The summed E-state index contributed by atoms with van der Waals surface area (Å²) in [6.07, 6.45) is 7.69. The van der Waals surface area contributed by atoms with Crippen LogP contribution in [0.4, 0.5) is 5.69 Å². The number of amides is 1. The van der Waals surface area contributed by atoms with Crippen molar-refractivity contribution in [2.24, 2.45) is 0 Å². The second-order valence-corrected chi connectivity index (χ2v) is 6.90. The van der Waals surface area contributed by atoms with Crippen LogP contribution in [0.15, 0.2) is 60.7 Å². The Morgan fingerprint density at radius 3 is 2.91 bits per heavy atom. The van der Waals surface area contributed by atoms with E-state index >= 15 is 0 Å². The number of aromatic amines is 1. The van der Waals surface area contributed by atoms with Crippen LogP contribution in [0.25, 0.3) is 6.08 Å². The van der Waals surface area contributed by atoms with E-state index in [0.717, 1.165) is 17.7 Å². The predicted molar refractivity (Wildman–Crippen MR) is 119 cm³/mol. The molecule has 0 spiro atoms. The van der Waals surface area contributed by atoms with Crippen molar-refractivity contribution in [3.05, 3.63) is 72.1 Å². The average Bonchev–Trinajstić information content (AvgIpc) is 3.36. The minimum atomic E-state index is -0.520. The van der Waals surface area contributed by atoms with Gasteiger partial charge in [0.05, 0.1) is 5.69 Å². The minimum absolute atomic E-state index is 0.248. The Morgan fingerprint density at radius 2 is 2.12 bits per heavy atom. The van der Waals surface area contributed by atoms with Crippen LogP contribution in [0.2, 0.25) is 0 Å². The molecule has 9 heteroatoms. The van der Waals surface area contributed by atoms with Crippen LogP contribution < -0.4 is 19.5 Å². The number of allylic oxidation sites excluding steroid dienone is 1. The van der Waals surface area contributed by atoms with Gasteiger partial charge < -0.3 is 19.5 Å². The number of aromatic nitrogens is 4. The molecule has 0 radical (unpaired) electrons. The maximum Gasteiger partial charge on any atom is 0.248 e. The van der Waals surface area contributed by atoms with Crippen molar-refractivity contribution in [2.45, 2.75) is 19.4 Å². The highest BCUT2D eigenvalue weighted by Gasteiger charge is 2.28. The number of carbonyl (C=O) groups excluding carboxylic acids is 1. The molecular formula is C23H23N5O4. The van der Waals surface area contributed by atoms with E-state index < -0.39 is 6.10 Å². The Balaban J connectivity index is 1.37. The van der Waals surface area contributed by atoms with Crippen molar-refractivity contribution < 1.29 is 19.0 Å². The van der Waals surface area contributed by atoms with Gasteiger partial charge in [-0.3, -0.25) is 4.79 Å². The van der Waals surface area contributed by atoms with Gasteiger partial charge in [-0.25, -0.2) is 0 Å². The van der Waals surface area contributed by atoms with E-state index in [1.165, 1.54) is 6.08 Å². The van der Waals surface area contributed by atoms with E-state index in [4.69, 9.17) is 14.2 Å². The number of benzene rings is 2. The monoisotopic (exact) mass is 433 g/mol. The molecule has 0 aliphatic carbocycles. The number of nitrogens with zero attached hydrogens (tertiary/aromatic N) is 3. The van der Waals surface area contributed by atoms with Crippen LogP contribution in [0.1, 0.15) is 30.8 Å². The smallest absolute Gasteiger partial charge is 0.248 e. The Morgan fingerprint density at radius 1 is 1.25 bits per heavy atom. The number of H-pyrrole nitrogens is 1. The standard InChI is InChI=1S/C23H23N5O4/c1-2-3-4-14-30-17-11-8-16(9-12-17)10-13-21(29)24-18-6-5-7-19-22(18)32-20(15-31-19)23-25-27-28-26-23/h3-13,20H,2,14-15H2,1H3,(H,24,29)(H,25,26,27,28)/b4-3-,13-10?. The van der Waals surface area contributed by atoms with Gasteiger partial charge in [0.25, 0.3) is 0 Å². The van der Waals surface area contributed by atoms with Gasteiger partial charge in [0.2, 0.25) is 11.7 Å². The molecule has 3 aromatic rings. The summed E-state index contributed by atoms with van der Waals surface area (Å²) in [5.74, 6) is 1.82. The molecule has 9 nitrogen and oxygen atoms in total. The first-order valence-electron chi connectivity index (χ1n) is 10.3. The highest BCUT2D eigenvalue weighted by atomic mass is 16.6. The van der Waals surface area contributed by atoms with E-state index in [9.17, 15) is 4.79 Å². The number of nitrogens with one attached hydrogen (secondary N) is 2. The molecule has 2 aromatic carbocycles. The summed E-state index contributed by atoms with van der Waals surface area (Å²) >= 11 is 0. The van der Waals surface area contributed by atoms with Gasteiger partial charge in [0.1, 0.15) is 19.0 Å². The highest BCUT2D eigenvalue weighted by Crippen LogP contribution is 2.41. The zero-order chi connectivity index (χ0) is 22.2. The third-order valence-electron chi connectivity index (χ3n) is 4.59. The second kappa shape index (κ2) is 10.3. The molecule has 1 atom stereocenters. The number of rotatable bonds is 8. The molecular weight excluding hydrogens is 410 g/mol. The molecule has 0 fully saturated rings. The Bertz CT molecular complexity index is 1090. The lowest BCUT2D eigenvalue weighted by Crippen LogP contribution is -2.24. The lowest BCUT2D eigenvalue weighted by molar-refractivity contribution is -0.111. The van der Waals surface area contributed by atoms with Gasteiger partial charge in [-0.1, -0.05) is 42.5 Å². The summed E-state index contributed by atoms with van der Waals surface area (Å²) in [5.41, 5.74) is 1.37. The van der Waals surface area contributed by atoms with Gasteiger partial charge in [-0.15, -0.1) is 10.2 Å². The van der Waals surface area contributed by atoms with Gasteiger partial charge in [-0.05, 0) is 42.3 Å². The highest BCUT2D eigenvalue weighted by molar-refractivity contribution is 6.03. The van der Waals surface area contributed by atoms with Crippen LogP contribution in [0.3, 0.4) is 0 Å². The third-order valence-corrected chi connectivity index (χ3v) is 4.59. The van der Waals surface area contributed by atoms with E-state index in [1.807, 2.05) is 30.3 Å². The minimum Gasteiger partial charge on any atom is -0.490 e. The molecule has 2 N–H and O–H groups in total. The van der Waals surface area contributed by atoms with Gasteiger partial charge >= 0.3 is 0 Å². The Hall–Kier alpha value is -4.14. The quantitative estimate of drug-likeness (QED) is 0.411. The van der Waals surface area contributed by atoms with Crippen LogP contribution in [-0.4, -0.2) is 39.7 Å². The number of ether oxygens (including phenoxy) is 3. The average molecular weight is 433 g/mol. The molecule has 4 rings (SSSR count). The summed E-state index contributed by atoms with van der Waals surface area (Å²) in [6, 6.07) is 12.8. The van der Waals surface area contributed by atoms with Crippen molar-refractivity contribution in [3.8, 4) is 17.2 Å². The zero-order valence-electron chi connectivity index (χ0n) is 17.5. The first kappa shape index (κ1) is 21.1. The lowest BCUT2D eigenvalue weighted by atomic mass is 10.2. The molecule has 0 saturated carbocycles. The molecule has 0 saturated heterocycles. The van der Waals surface area contributed by atoms with E-state index in [2.05, 4.69) is 38.9 Å². The fourth-order valence-electron chi connectivity index (χ4n) is 3.02. The summed E-state index contributed by atoms with van der Waals surface area (Å²) in [6.45, 7) is 2.86. The van der Waals surface area contributed by atoms with Crippen molar-refractivity contribution in [1.82, 2.24) is 20.6 Å². The maximum atomic E-state index is 12.5. The molecule has 164 valence electrons. The second-order valence-electron chi connectivity index (χ2n) is 6.90. The van der Waals surface area contributed by atoms with Crippen molar-refractivity contribution in [2.75, 3.05) is 18.5 Å². The van der Waals surface area contributed by atoms with Crippen LogP contribution in [-0.2, 0) is 4.79 Å². The van der Waals surface area contributed by atoms with E-state index in [0.29, 0.717) is 29.6 Å². The first-order chi connectivity index (χ1) is 15.7. The lowest BCUT2D eigenvalue weighted by Gasteiger charge is -2.26. The summed E-state index contributed by atoms with van der Waals surface area (Å²) in [7, 11) is 0. The number of carbonyl (C=O) groups is 1. The van der Waals surface area contributed by atoms with E-state index in [-0.39, 0.29) is 12.5 Å². The van der Waals surface area contributed by atoms with Crippen LogP contribution in [0, 0.1) is 0 Å². The van der Waals surface area contributed by atoms with Gasteiger partial charge in [-0.2, -0.15) is 5.21 Å². The normalized spacial score (nSPS) is 15.2. The summed E-state index contributed by atoms with van der Waals surface area (Å²) < 4.78 is 17.3. The van der Waals surface area contributed by atoms with Crippen molar-refractivity contribution in [3.63, 3.8) is 0 Å². The molecule has 1 aliphatic heterocycles. The number of hydrogen-bond acceptors (Lipinski definition) is 7. The molecule has 1 aromatic heterocycles. The number of tetrazole rings is 1. The number of anilines is 1. The number of para-hydroxylation sites is 1. The molecule has 32 heavy (non-hydrogen) atoms. The SMILES string of the molecule is CC/C=C\COc1ccc(C=CC(=O)Nc2cccc3c2OC(c2nn[nH]n2)CO3)cc1. The van der Waals surface area contributed by atoms with E-state index in [1.54, 1.807) is 24.3 Å². The molecule has 1 aliphatic rings. The predicted octanol–water partition coefficient (Wildman–Crippen LogP) is 3.71. The number of fused-ring (bicyclic) bond motifs is 1. The Labute approximate surface area is 185 Å². The molecule has 1 amide bonds. The fraction of sp³-hybridized carbons (Fsp3) is 0.217. The zero-order valence-corrected chi connectivity index (χ0v) is 17.5. The molecule has 0 bridgehead atoms.